The molecular weight excluding hydrogens is 357 g/mol. The van der Waals surface area contributed by atoms with Crippen LogP contribution < -0.4 is 5.32 Å². The molecule has 6 nitrogen and oxygen atoms in total. The van der Waals surface area contributed by atoms with Crippen LogP contribution in [0.15, 0.2) is 18.2 Å². The Morgan fingerprint density at radius 2 is 1.79 bits per heavy atom. The van der Waals surface area contributed by atoms with Crippen molar-refractivity contribution in [2.45, 2.75) is 26.3 Å². The van der Waals surface area contributed by atoms with Gasteiger partial charge in [-0.1, -0.05) is 49.5 Å². The summed E-state index contributed by atoms with van der Waals surface area (Å²) >= 11 is 11.8. The topological polar surface area (TPSA) is 81.7 Å². The van der Waals surface area contributed by atoms with Gasteiger partial charge < -0.3 is 14.8 Å². The van der Waals surface area contributed by atoms with Crippen molar-refractivity contribution in [3.8, 4) is 0 Å². The minimum absolute atomic E-state index is 0.0138. The number of carbonyl (C=O) groups is 3. The molecule has 1 N–H and O–H groups in total. The monoisotopic (exact) mass is 375 g/mol. The van der Waals surface area contributed by atoms with Crippen LogP contribution in [0.3, 0.4) is 0 Å². The SMILES string of the molecule is CC[C@@H](C)[C@@H](NC(=O)COC(=O)c1c(Cl)cccc1Cl)C(=O)OC. The van der Waals surface area contributed by atoms with E-state index in [0.29, 0.717) is 6.42 Å². The summed E-state index contributed by atoms with van der Waals surface area (Å²) in [4.78, 5) is 35.6. The zero-order valence-corrected chi connectivity index (χ0v) is 15.1. The number of carbonyl (C=O) groups excluding carboxylic acids is 3. The number of hydrogen-bond donors (Lipinski definition) is 1. The lowest BCUT2D eigenvalue weighted by atomic mass is 9.99. The van der Waals surface area contributed by atoms with Gasteiger partial charge in [-0.25, -0.2) is 9.59 Å². The minimum atomic E-state index is -0.820. The van der Waals surface area contributed by atoms with E-state index in [1.165, 1.54) is 19.2 Å². The van der Waals surface area contributed by atoms with E-state index in [2.05, 4.69) is 10.1 Å². The van der Waals surface area contributed by atoms with Gasteiger partial charge in [-0.15, -0.1) is 0 Å². The van der Waals surface area contributed by atoms with Crippen molar-refractivity contribution >= 4 is 41.0 Å². The fraction of sp³-hybridized carbons (Fsp3) is 0.438. The third kappa shape index (κ3) is 5.39. The van der Waals surface area contributed by atoms with Gasteiger partial charge in [-0.3, -0.25) is 4.79 Å². The molecule has 0 unspecified atom stereocenters. The van der Waals surface area contributed by atoms with Crippen LogP contribution in [0.2, 0.25) is 10.0 Å². The van der Waals surface area contributed by atoms with Crippen LogP contribution in [-0.4, -0.2) is 37.6 Å². The first kappa shape index (κ1) is 20.3. The number of hydrogen-bond acceptors (Lipinski definition) is 5. The second-order valence-electron chi connectivity index (χ2n) is 5.13. The van der Waals surface area contributed by atoms with Gasteiger partial charge in [0.1, 0.15) is 6.04 Å². The Morgan fingerprint density at radius 3 is 2.29 bits per heavy atom. The van der Waals surface area contributed by atoms with Crippen LogP contribution in [0.25, 0.3) is 0 Å². The molecule has 1 aromatic rings. The first-order valence-corrected chi connectivity index (χ1v) is 8.05. The molecule has 0 fully saturated rings. The van der Waals surface area contributed by atoms with Gasteiger partial charge in [0.05, 0.1) is 22.7 Å². The summed E-state index contributed by atoms with van der Waals surface area (Å²) in [5.41, 5.74) is -0.0138. The summed E-state index contributed by atoms with van der Waals surface area (Å²) in [7, 11) is 1.24. The van der Waals surface area contributed by atoms with E-state index in [9.17, 15) is 14.4 Å². The fourth-order valence-electron chi connectivity index (χ4n) is 1.91. The van der Waals surface area contributed by atoms with E-state index in [4.69, 9.17) is 27.9 Å². The summed E-state index contributed by atoms with van der Waals surface area (Å²) in [6.45, 7) is 3.12. The highest BCUT2D eigenvalue weighted by atomic mass is 35.5. The molecule has 24 heavy (non-hydrogen) atoms. The molecule has 0 aliphatic carbocycles. The molecule has 8 heteroatoms. The number of ether oxygens (including phenoxy) is 2. The number of benzene rings is 1. The first-order chi connectivity index (χ1) is 11.3. The summed E-state index contributed by atoms with van der Waals surface area (Å²) in [6, 6.07) is 3.75. The van der Waals surface area contributed by atoms with E-state index >= 15 is 0 Å². The number of methoxy groups -OCH3 is 1. The second kappa shape index (κ2) is 9.49. The molecule has 1 aromatic carbocycles. The summed E-state index contributed by atoms with van der Waals surface area (Å²) < 4.78 is 9.57. The minimum Gasteiger partial charge on any atom is -0.467 e. The Bertz CT molecular complexity index is 600. The largest absolute Gasteiger partial charge is 0.467 e. The van der Waals surface area contributed by atoms with Crippen LogP contribution in [0.1, 0.15) is 30.6 Å². The Labute approximate surface area is 150 Å². The molecule has 0 radical (unpaired) electrons. The number of rotatable bonds is 7. The Hall–Kier alpha value is -1.79. The van der Waals surface area contributed by atoms with Crippen molar-refractivity contribution in [1.82, 2.24) is 5.32 Å². The quantitative estimate of drug-likeness (QED) is 0.740. The van der Waals surface area contributed by atoms with Crippen LogP contribution >= 0.6 is 23.2 Å². The Morgan fingerprint density at radius 1 is 1.21 bits per heavy atom. The molecule has 0 aliphatic rings. The third-order valence-electron chi connectivity index (χ3n) is 3.49. The zero-order chi connectivity index (χ0) is 18.3. The van der Waals surface area contributed by atoms with Crippen LogP contribution in [-0.2, 0) is 19.1 Å². The highest BCUT2D eigenvalue weighted by Gasteiger charge is 2.27. The molecule has 0 heterocycles. The van der Waals surface area contributed by atoms with E-state index in [1.807, 2.05) is 6.92 Å². The molecule has 0 spiro atoms. The standard InChI is InChI=1S/C16H19Cl2NO5/c1-4-9(2)14(16(22)23-3)19-12(20)8-24-15(21)13-10(17)6-5-7-11(13)18/h5-7,9,14H,4,8H2,1-3H3,(H,19,20)/t9-,14-/m1/s1. The highest BCUT2D eigenvalue weighted by molar-refractivity contribution is 6.39. The average molecular weight is 376 g/mol. The normalized spacial score (nSPS) is 12.9. The van der Waals surface area contributed by atoms with Crippen LogP contribution in [0.5, 0.6) is 0 Å². The van der Waals surface area contributed by atoms with Crippen molar-refractivity contribution in [3.05, 3.63) is 33.8 Å². The van der Waals surface area contributed by atoms with E-state index in [1.54, 1.807) is 13.0 Å². The first-order valence-electron chi connectivity index (χ1n) is 7.30. The maximum absolute atomic E-state index is 12.0. The predicted molar refractivity (Wildman–Crippen MR) is 90.1 cm³/mol. The van der Waals surface area contributed by atoms with Crippen LogP contribution in [0, 0.1) is 5.92 Å². The van der Waals surface area contributed by atoms with Crippen LogP contribution in [0.4, 0.5) is 0 Å². The van der Waals surface area contributed by atoms with E-state index in [-0.39, 0.29) is 21.5 Å². The van der Waals surface area contributed by atoms with Gasteiger partial charge in [-0.05, 0) is 18.1 Å². The summed E-state index contributed by atoms with van der Waals surface area (Å²) in [5.74, 6) is -2.13. The lowest BCUT2D eigenvalue weighted by Crippen LogP contribution is -2.47. The molecule has 0 saturated heterocycles. The number of nitrogens with one attached hydrogen (secondary N) is 1. The van der Waals surface area contributed by atoms with Gasteiger partial charge in [0.15, 0.2) is 6.61 Å². The van der Waals surface area contributed by atoms with Gasteiger partial charge in [0.2, 0.25) is 0 Å². The number of halogens is 2. The van der Waals surface area contributed by atoms with Gasteiger partial charge in [0.25, 0.3) is 5.91 Å². The third-order valence-corrected chi connectivity index (χ3v) is 4.12. The molecular formula is C16H19Cl2NO5. The maximum Gasteiger partial charge on any atom is 0.341 e. The molecule has 0 aromatic heterocycles. The highest BCUT2D eigenvalue weighted by Crippen LogP contribution is 2.24. The second-order valence-corrected chi connectivity index (χ2v) is 5.94. The van der Waals surface area contributed by atoms with Gasteiger partial charge in [0, 0.05) is 0 Å². The Balaban J connectivity index is 2.68. The fourth-order valence-corrected chi connectivity index (χ4v) is 2.46. The molecule has 0 aliphatic heterocycles. The van der Waals surface area contributed by atoms with E-state index in [0.717, 1.165) is 0 Å². The lowest BCUT2D eigenvalue weighted by Gasteiger charge is -2.21. The lowest BCUT2D eigenvalue weighted by molar-refractivity contribution is -0.147. The number of esters is 2. The van der Waals surface area contributed by atoms with Gasteiger partial charge >= 0.3 is 11.9 Å². The van der Waals surface area contributed by atoms with Crippen molar-refractivity contribution in [1.29, 1.82) is 0 Å². The summed E-state index contributed by atoms with van der Waals surface area (Å²) in [6.07, 6.45) is 0.662. The maximum atomic E-state index is 12.0. The van der Waals surface area contributed by atoms with Gasteiger partial charge in [-0.2, -0.15) is 0 Å². The van der Waals surface area contributed by atoms with E-state index < -0.39 is 30.5 Å². The van der Waals surface area contributed by atoms with Crippen molar-refractivity contribution in [3.63, 3.8) is 0 Å². The van der Waals surface area contributed by atoms with Crippen molar-refractivity contribution < 1.29 is 23.9 Å². The van der Waals surface area contributed by atoms with Crippen molar-refractivity contribution in [2.24, 2.45) is 5.92 Å². The molecule has 1 amide bonds. The Kier molecular flexibility index (Phi) is 8.01. The predicted octanol–water partition coefficient (Wildman–Crippen LogP) is 2.85. The number of amides is 1. The molecule has 1 rings (SSSR count). The molecule has 0 saturated carbocycles. The van der Waals surface area contributed by atoms with Crippen molar-refractivity contribution in [2.75, 3.05) is 13.7 Å². The molecule has 2 atom stereocenters. The summed E-state index contributed by atoms with van der Waals surface area (Å²) in [5, 5.41) is 2.75. The molecule has 0 bridgehead atoms. The average Bonchev–Trinajstić information content (AvgIpc) is 2.56. The smallest absolute Gasteiger partial charge is 0.341 e. The zero-order valence-electron chi connectivity index (χ0n) is 13.6. The molecule has 132 valence electrons.